The van der Waals surface area contributed by atoms with Gasteiger partial charge in [-0.15, -0.1) is 24.0 Å². The highest BCUT2D eigenvalue weighted by Gasteiger charge is 2.24. The van der Waals surface area contributed by atoms with Crippen molar-refractivity contribution in [2.75, 3.05) is 46.0 Å². The molecule has 2 saturated heterocycles. The van der Waals surface area contributed by atoms with Gasteiger partial charge in [0.2, 0.25) is 0 Å². The maximum atomic E-state index is 12.9. The van der Waals surface area contributed by atoms with Gasteiger partial charge in [-0.05, 0) is 63.3 Å². The third-order valence-corrected chi connectivity index (χ3v) is 5.58. The summed E-state index contributed by atoms with van der Waals surface area (Å²) in [4.78, 5) is 6.80. The van der Waals surface area contributed by atoms with Crippen molar-refractivity contribution in [1.82, 2.24) is 10.2 Å². The number of nitrogens with zero attached hydrogens (tertiary/aromatic N) is 2. The monoisotopic (exact) mass is 565 g/mol. The molecule has 2 aliphatic heterocycles. The molecule has 0 radical (unpaired) electrons. The Morgan fingerprint density at radius 1 is 1.25 bits per heavy atom. The van der Waals surface area contributed by atoms with Crippen LogP contribution in [0.25, 0.3) is 0 Å². The molecule has 2 heterocycles. The van der Waals surface area contributed by atoms with Crippen molar-refractivity contribution < 1.29 is 23.7 Å². The Balaban J connectivity index is 0.00000363. The number of aliphatic hydroxyl groups is 1. The molecule has 182 valence electrons. The van der Waals surface area contributed by atoms with E-state index in [1.54, 1.807) is 12.1 Å². The van der Waals surface area contributed by atoms with Crippen molar-refractivity contribution in [3.63, 3.8) is 0 Å². The van der Waals surface area contributed by atoms with Crippen molar-refractivity contribution in [1.29, 1.82) is 0 Å². The van der Waals surface area contributed by atoms with Gasteiger partial charge in [-0.25, -0.2) is 4.39 Å². The quantitative estimate of drug-likeness (QED) is 0.272. The summed E-state index contributed by atoms with van der Waals surface area (Å²) in [6.45, 7) is 6.41. The van der Waals surface area contributed by atoms with E-state index in [0.717, 1.165) is 57.9 Å². The molecule has 0 aromatic heterocycles. The number of piperidine rings is 1. The summed E-state index contributed by atoms with van der Waals surface area (Å²) < 4.78 is 30.3. The third-order valence-electron chi connectivity index (χ3n) is 5.58. The van der Waals surface area contributed by atoms with Crippen LogP contribution in [0.2, 0.25) is 0 Å². The molecule has 1 aromatic rings. The number of ether oxygens (including phenoxy) is 3. The number of benzene rings is 1. The maximum absolute atomic E-state index is 12.9. The van der Waals surface area contributed by atoms with Crippen LogP contribution < -0.4 is 10.1 Å². The fourth-order valence-corrected chi connectivity index (χ4v) is 3.81. The molecule has 0 spiro atoms. The number of aliphatic imine (C=N–C) groups is 1. The smallest absolute Gasteiger partial charge is 0.194 e. The maximum Gasteiger partial charge on any atom is 0.194 e. The van der Waals surface area contributed by atoms with Gasteiger partial charge in [-0.1, -0.05) is 0 Å². The second-order valence-electron chi connectivity index (χ2n) is 8.12. The van der Waals surface area contributed by atoms with Gasteiger partial charge in [0.25, 0.3) is 0 Å². The molecule has 2 atom stereocenters. The molecule has 1 aromatic carbocycles. The Kier molecular flexibility index (Phi) is 12.6. The number of hydrogen-bond donors (Lipinski definition) is 2. The Morgan fingerprint density at radius 2 is 2.00 bits per heavy atom. The van der Waals surface area contributed by atoms with Crippen LogP contribution in [-0.2, 0) is 9.47 Å². The van der Waals surface area contributed by atoms with Gasteiger partial charge < -0.3 is 29.5 Å². The van der Waals surface area contributed by atoms with Gasteiger partial charge in [0, 0.05) is 26.2 Å². The lowest BCUT2D eigenvalue weighted by Crippen LogP contribution is -2.47. The second-order valence-corrected chi connectivity index (χ2v) is 8.12. The van der Waals surface area contributed by atoms with E-state index in [4.69, 9.17) is 14.2 Å². The molecule has 2 fully saturated rings. The molecule has 3 rings (SSSR count). The zero-order valence-corrected chi connectivity index (χ0v) is 21.2. The first-order valence-electron chi connectivity index (χ1n) is 11.5. The lowest BCUT2D eigenvalue weighted by molar-refractivity contribution is -0.0721. The molecule has 7 nitrogen and oxygen atoms in total. The zero-order chi connectivity index (χ0) is 21.9. The zero-order valence-electron chi connectivity index (χ0n) is 18.9. The van der Waals surface area contributed by atoms with Crippen molar-refractivity contribution in [2.24, 2.45) is 4.99 Å². The van der Waals surface area contributed by atoms with E-state index in [1.165, 1.54) is 18.6 Å². The first-order valence-corrected chi connectivity index (χ1v) is 11.5. The van der Waals surface area contributed by atoms with Crippen LogP contribution in [0, 0.1) is 5.82 Å². The van der Waals surface area contributed by atoms with E-state index in [9.17, 15) is 9.50 Å². The highest BCUT2D eigenvalue weighted by Crippen LogP contribution is 2.18. The predicted octanol–water partition coefficient (Wildman–Crippen LogP) is 3.20. The molecular formula is C23H37FIN3O4. The van der Waals surface area contributed by atoms with Crippen molar-refractivity contribution in [3.8, 4) is 5.75 Å². The van der Waals surface area contributed by atoms with Gasteiger partial charge in [-0.2, -0.15) is 0 Å². The number of guanidine groups is 1. The third kappa shape index (κ3) is 9.36. The summed E-state index contributed by atoms with van der Waals surface area (Å²) in [6.07, 6.45) is 5.17. The average Bonchev–Trinajstić information content (AvgIpc) is 2.81. The van der Waals surface area contributed by atoms with Gasteiger partial charge in [0.05, 0.1) is 25.4 Å². The summed E-state index contributed by atoms with van der Waals surface area (Å²) in [5.74, 6) is 1.01. The molecule has 9 heteroatoms. The number of likely N-dealkylation sites (tertiary alicyclic amines) is 1. The topological polar surface area (TPSA) is 75.6 Å². The molecular weight excluding hydrogens is 528 g/mol. The van der Waals surface area contributed by atoms with Gasteiger partial charge in [-0.3, -0.25) is 4.99 Å². The SMILES string of the molecule is CCNC(=NCC(O)COc1ccc(F)cc1)N1CCC(OCC2CCCCO2)CC1.I. The molecule has 2 N–H and O–H groups in total. The minimum Gasteiger partial charge on any atom is -0.491 e. The van der Waals surface area contributed by atoms with Crippen molar-refractivity contribution in [2.45, 2.75) is 57.3 Å². The predicted molar refractivity (Wildman–Crippen MR) is 133 cm³/mol. The van der Waals surface area contributed by atoms with E-state index in [1.807, 2.05) is 6.92 Å². The standard InChI is InChI=1S/C23H36FN3O4.HI/c1-2-25-23(26-15-19(28)16-30-20-8-6-18(24)7-9-20)27-12-10-21(11-13-27)31-17-22-5-3-4-14-29-22;/h6-9,19,21-22,28H,2-5,10-17H2,1H3,(H,25,26);1H. The number of aliphatic hydroxyl groups excluding tert-OH is 1. The van der Waals surface area contributed by atoms with Crippen LogP contribution in [-0.4, -0.2) is 80.3 Å². The summed E-state index contributed by atoms with van der Waals surface area (Å²) in [7, 11) is 0. The van der Waals surface area contributed by atoms with Crippen molar-refractivity contribution >= 4 is 29.9 Å². The Labute approximate surface area is 207 Å². The van der Waals surface area contributed by atoms with Crippen molar-refractivity contribution in [3.05, 3.63) is 30.1 Å². The molecule has 0 aliphatic carbocycles. The van der Waals surface area contributed by atoms with Crippen LogP contribution >= 0.6 is 24.0 Å². The lowest BCUT2D eigenvalue weighted by atomic mass is 10.1. The minimum absolute atomic E-state index is 0. The molecule has 0 bridgehead atoms. The summed E-state index contributed by atoms with van der Waals surface area (Å²) in [6, 6.07) is 5.75. The average molecular weight is 565 g/mol. The van der Waals surface area contributed by atoms with E-state index >= 15 is 0 Å². The van der Waals surface area contributed by atoms with Crippen LogP contribution in [0.1, 0.15) is 39.0 Å². The normalized spacial score (nSPS) is 21.0. The van der Waals surface area contributed by atoms with E-state index in [2.05, 4.69) is 15.2 Å². The number of nitrogens with one attached hydrogen (secondary N) is 1. The van der Waals surface area contributed by atoms with E-state index in [-0.39, 0.29) is 55.2 Å². The van der Waals surface area contributed by atoms with E-state index < -0.39 is 6.10 Å². The Hall–Kier alpha value is -1.17. The molecule has 0 saturated carbocycles. The lowest BCUT2D eigenvalue weighted by Gasteiger charge is -2.35. The molecule has 2 aliphatic rings. The van der Waals surface area contributed by atoms with Gasteiger partial charge in [0.15, 0.2) is 5.96 Å². The number of rotatable bonds is 9. The van der Waals surface area contributed by atoms with Gasteiger partial charge >= 0.3 is 0 Å². The molecule has 0 amide bonds. The number of hydrogen-bond acceptors (Lipinski definition) is 5. The van der Waals surface area contributed by atoms with E-state index in [0.29, 0.717) is 12.4 Å². The molecule has 32 heavy (non-hydrogen) atoms. The van der Waals surface area contributed by atoms with Crippen LogP contribution in [0.3, 0.4) is 0 Å². The summed E-state index contributed by atoms with van der Waals surface area (Å²) >= 11 is 0. The minimum atomic E-state index is -0.741. The fraction of sp³-hybridized carbons (Fsp3) is 0.696. The number of halogens is 2. The van der Waals surface area contributed by atoms with Crippen LogP contribution in [0.15, 0.2) is 29.3 Å². The van der Waals surface area contributed by atoms with Gasteiger partial charge in [0.1, 0.15) is 24.3 Å². The largest absolute Gasteiger partial charge is 0.491 e. The first kappa shape index (κ1) is 27.1. The summed E-state index contributed by atoms with van der Waals surface area (Å²) in [5.41, 5.74) is 0. The highest BCUT2D eigenvalue weighted by molar-refractivity contribution is 14.0. The summed E-state index contributed by atoms with van der Waals surface area (Å²) in [5, 5.41) is 13.5. The first-order chi connectivity index (χ1) is 15.1. The Morgan fingerprint density at radius 3 is 2.66 bits per heavy atom. The van der Waals surface area contributed by atoms with Crippen LogP contribution in [0.5, 0.6) is 5.75 Å². The highest BCUT2D eigenvalue weighted by atomic mass is 127. The molecule has 2 unspecified atom stereocenters. The van der Waals surface area contributed by atoms with Crippen LogP contribution in [0.4, 0.5) is 4.39 Å². The Bertz CT molecular complexity index is 666. The second kappa shape index (κ2) is 14.9. The fourth-order valence-electron chi connectivity index (χ4n) is 3.81.